The molecule has 0 N–H and O–H groups in total. The van der Waals surface area contributed by atoms with Crippen molar-refractivity contribution in [2.24, 2.45) is 0 Å². The lowest BCUT2D eigenvalue weighted by atomic mass is 10.2. The van der Waals surface area contributed by atoms with Crippen molar-refractivity contribution >= 4 is 16.8 Å². The summed E-state index contributed by atoms with van der Waals surface area (Å²) in [6, 6.07) is 31.2. The lowest BCUT2D eigenvalue weighted by Gasteiger charge is -2.08. The fourth-order valence-electron chi connectivity index (χ4n) is 3.57. The molecule has 5 rings (SSSR count). The molecular weight excluding hydrogens is 430 g/mol. The Bertz CT molecular complexity index is 1470. The molecule has 6 heteroatoms. The zero-order chi connectivity index (χ0) is 23.3. The predicted octanol–water partition coefficient (Wildman–Crippen LogP) is 5.44. The van der Waals surface area contributed by atoms with Gasteiger partial charge < -0.3 is 14.0 Å². The molecule has 34 heavy (non-hydrogen) atoms. The first-order valence-corrected chi connectivity index (χ1v) is 10.8. The van der Waals surface area contributed by atoms with Crippen molar-refractivity contribution in [2.45, 2.75) is 13.2 Å². The number of nitrogens with zero attached hydrogens (tertiary/aromatic N) is 1. The summed E-state index contributed by atoms with van der Waals surface area (Å²) in [4.78, 5) is 25.4. The Morgan fingerprint density at radius 3 is 1.88 bits per heavy atom. The fraction of sp³-hybridized carbons (Fsp3) is 0.0714. The van der Waals surface area contributed by atoms with E-state index in [2.05, 4.69) is 0 Å². The molecule has 0 saturated carbocycles. The van der Waals surface area contributed by atoms with Crippen LogP contribution in [0.5, 0.6) is 11.5 Å². The van der Waals surface area contributed by atoms with Crippen molar-refractivity contribution in [3.05, 3.63) is 130 Å². The van der Waals surface area contributed by atoms with E-state index in [0.717, 1.165) is 15.9 Å². The summed E-state index contributed by atoms with van der Waals surface area (Å²) in [5.41, 5.74) is 2.19. The van der Waals surface area contributed by atoms with Crippen LogP contribution in [0.15, 0.2) is 112 Å². The third-order valence-electron chi connectivity index (χ3n) is 5.36. The SMILES string of the molecule is O=C(c1ccc(OCc2ccccc2)cc1)n1oc(=O)c2ccc(OCc3ccccc3)cc21. The van der Waals surface area contributed by atoms with Gasteiger partial charge in [0.1, 0.15) is 30.2 Å². The molecule has 0 aliphatic rings. The van der Waals surface area contributed by atoms with Crippen molar-refractivity contribution in [2.75, 3.05) is 0 Å². The highest BCUT2D eigenvalue weighted by Gasteiger charge is 2.18. The summed E-state index contributed by atoms with van der Waals surface area (Å²) >= 11 is 0. The average Bonchev–Trinajstić information content (AvgIpc) is 3.23. The molecule has 5 aromatic rings. The van der Waals surface area contributed by atoms with Crippen molar-refractivity contribution in [1.29, 1.82) is 0 Å². The average molecular weight is 451 g/mol. The zero-order valence-electron chi connectivity index (χ0n) is 18.2. The summed E-state index contributed by atoms with van der Waals surface area (Å²) in [6.45, 7) is 0.795. The van der Waals surface area contributed by atoms with Gasteiger partial charge in [-0.3, -0.25) is 4.79 Å². The van der Waals surface area contributed by atoms with E-state index in [9.17, 15) is 9.59 Å². The van der Waals surface area contributed by atoms with E-state index in [1.54, 1.807) is 42.5 Å². The lowest BCUT2D eigenvalue weighted by Crippen LogP contribution is -2.11. The van der Waals surface area contributed by atoms with Gasteiger partial charge in [-0.25, -0.2) is 4.79 Å². The molecule has 0 atom stereocenters. The van der Waals surface area contributed by atoms with Crippen LogP contribution in [0.25, 0.3) is 10.9 Å². The van der Waals surface area contributed by atoms with Gasteiger partial charge in [0.2, 0.25) is 0 Å². The number of fused-ring (bicyclic) bond motifs is 1. The molecule has 168 valence electrons. The van der Waals surface area contributed by atoms with Gasteiger partial charge in [0.05, 0.1) is 5.39 Å². The van der Waals surface area contributed by atoms with Crippen LogP contribution >= 0.6 is 0 Å². The van der Waals surface area contributed by atoms with Gasteiger partial charge in [0.25, 0.3) is 5.91 Å². The monoisotopic (exact) mass is 451 g/mol. The van der Waals surface area contributed by atoms with Gasteiger partial charge in [-0.1, -0.05) is 60.7 Å². The minimum Gasteiger partial charge on any atom is -0.489 e. The molecule has 1 aromatic heterocycles. The van der Waals surface area contributed by atoms with Crippen LogP contribution < -0.4 is 15.1 Å². The third-order valence-corrected chi connectivity index (χ3v) is 5.36. The van der Waals surface area contributed by atoms with E-state index >= 15 is 0 Å². The van der Waals surface area contributed by atoms with E-state index in [0.29, 0.717) is 41.2 Å². The molecule has 6 nitrogen and oxygen atoms in total. The Hall–Kier alpha value is -4.58. The number of hydrogen-bond donors (Lipinski definition) is 0. The number of carbonyl (C=O) groups excluding carboxylic acids is 1. The standard InChI is InChI=1S/C28H21NO5/c30-27(22-11-13-23(14-12-22)32-18-20-7-3-1-4-8-20)29-26-17-24(15-16-25(26)28(31)34-29)33-19-21-9-5-2-6-10-21/h1-17H,18-19H2. The fourth-order valence-corrected chi connectivity index (χ4v) is 3.57. The molecule has 0 bridgehead atoms. The van der Waals surface area contributed by atoms with E-state index in [1.807, 2.05) is 60.7 Å². The molecule has 0 amide bonds. The Morgan fingerprint density at radius 1 is 0.706 bits per heavy atom. The van der Waals surface area contributed by atoms with Crippen LogP contribution in [0.1, 0.15) is 21.5 Å². The Balaban J connectivity index is 1.34. The molecular formula is C28H21NO5. The molecule has 0 fully saturated rings. The summed E-state index contributed by atoms with van der Waals surface area (Å²) in [5, 5.41) is 0.309. The second-order valence-corrected chi connectivity index (χ2v) is 7.73. The second kappa shape index (κ2) is 9.50. The van der Waals surface area contributed by atoms with Gasteiger partial charge in [0, 0.05) is 11.6 Å². The Morgan fingerprint density at radius 2 is 1.26 bits per heavy atom. The molecule has 0 radical (unpaired) electrons. The first kappa shape index (κ1) is 21.3. The largest absolute Gasteiger partial charge is 0.489 e. The molecule has 4 aromatic carbocycles. The third kappa shape index (κ3) is 4.61. The zero-order valence-corrected chi connectivity index (χ0v) is 18.2. The van der Waals surface area contributed by atoms with Gasteiger partial charge in [0.15, 0.2) is 0 Å². The minimum atomic E-state index is -0.583. The normalized spacial score (nSPS) is 10.8. The van der Waals surface area contributed by atoms with Crippen LogP contribution in [-0.4, -0.2) is 10.6 Å². The van der Waals surface area contributed by atoms with Crippen molar-refractivity contribution < 1.29 is 18.8 Å². The summed E-state index contributed by atoms with van der Waals surface area (Å²) in [5.74, 6) is 0.709. The topological polar surface area (TPSA) is 70.7 Å². The predicted molar refractivity (Wildman–Crippen MR) is 128 cm³/mol. The van der Waals surface area contributed by atoms with Crippen LogP contribution in [0, 0.1) is 0 Å². The number of hydrogen-bond acceptors (Lipinski definition) is 5. The number of benzene rings is 4. The maximum Gasteiger partial charge on any atom is 0.366 e. The van der Waals surface area contributed by atoms with Crippen LogP contribution in [0.2, 0.25) is 0 Å². The van der Waals surface area contributed by atoms with E-state index < -0.39 is 11.5 Å². The van der Waals surface area contributed by atoms with E-state index in [-0.39, 0.29) is 0 Å². The number of rotatable bonds is 7. The van der Waals surface area contributed by atoms with Gasteiger partial charge in [-0.15, -0.1) is 4.74 Å². The molecule has 0 saturated heterocycles. The first-order chi connectivity index (χ1) is 16.7. The van der Waals surface area contributed by atoms with E-state index in [1.165, 1.54) is 0 Å². The van der Waals surface area contributed by atoms with Crippen LogP contribution in [0.3, 0.4) is 0 Å². The van der Waals surface area contributed by atoms with Gasteiger partial charge >= 0.3 is 5.63 Å². The number of ether oxygens (including phenoxy) is 2. The highest BCUT2D eigenvalue weighted by atomic mass is 16.5. The smallest absolute Gasteiger partial charge is 0.366 e. The Labute approximate surface area is 195 Å². The van der Waals surface area contributed by atoms with Gasteiger partial charge in [-0.05, 0) is 47.5 Å². The molecule has 0 aliphatic heterocycles. The maximum atomic E-state index is 13.1. The highest BCUT2D eigenvalue weighted by Crippen LogP contribution is 2.22. The van der Waals surface area contributed by atoms with Crippen LogP contribution in [0.4, 0.5) is 0 Å². The van der Waals surface area contributed by atoms with Crippen LogP contribution in [-0.2, 0) is 13.2 Å². The highest BCUT2D eigenvalue weighted by molar-refractivity contribution is 6.00. The van der Waals surface area contributed by atoms with Crippen molar-refractivity contribution in [3.8, 4) is 11.5 Å². The number of aromatic nitrogens is 1. The minimum absolute atomic E-state index is 0.309. The molecule has 1 heterocycles. The lowest BCUT2D eigenvalue weighted by molar-refractivity contribution is 0.0850. The van der Waals surface area contributed by atoms with Crippen molar-refractivity contribution in [1.82, 2.24) is 4.74 Å². The summed E-state index contributed by atoms with van der Waals surface area (Å²) in [7, 11) is 0. The van der Waals surface area contributed by atoms with Crippen molar-refractivity contribution in [3.63, 3.8) is 0 Å². The number of carbonyl (C=O) groups is 1. The quantitative estimate of drug-likeness (QED) is 0.330. The van der Waals surface area contributed by atoms with Gasteiger partial charge in [-0.2, -0.15) is 0 Å². The first-order valence-electron chi connectivity index (χ1n) is 10.8. The summed E-state index contributed by atoms with van der Waals surface area (Å²) in [6.07, 6.45) is 0. The second-order valence-electron chi connectivity index (χ2n) is 7.73. The molecule has 0 unspecified atom stereocenters. The van der Waals surface area contributed by atoms with E-state index in [4.69, 9.17) is 14.0 Å². The summed E-state index contributed by atoms with van der Waals surface area (Å²) < 4.78 is 17.9. The maximum absolute atomic E-state index is 13.1. The molecule has 0 spiro atoms. The Kier molecular flexibility index (Phi) is 5.95. The molecule has 0 aliphatic carbocycles.